The number of hydrogen-bond acceptors (Lipinski definition) is 4. The zero-order chi connectivity index (χ0) is 14.8. The third-order valence-electron chi connectivity index (χ3n) is 3.75. The summed E-state index contributed by atoms with van der Waals surface area (Å²) in [7, 11) is -3.35. The van der Waals surface area contributed by atoms with Crippen LogP contribution in [0.25, 0.3) is 0 Å². The van der Waals surface area contributed by atoms with Crippen LogP contribution in [-0.2, 0) is 16.6 Å². The molecular formula is C14H24N2O2S2. The Bertz CT molecular complexity index is 537. The molecule has 1 aliphatic rings. The summed E-state index contributed by atoms with van der Waals surface area (Å²) in [4.78, 5) is 1.05. The van der Waals surface area contributed by atoms with Gasteiger partial charge in [0.2, 0.25) is 10.0 Å². The Labute approximate surface area is 126 Å². The second-order valence-corrected chi connectivity index (χ2v) is 9.00. The highest BCUT2D eigenvalue weighted by Gasteiger charge is 2.29. The van der Waals surface area contributed by atoms with Crippen LogP contribution >= 0.6 is 11.3 Å². The predicted molar refractivity (Wildman–Crippen MR) is 83.4 cm³/mol. The van der Waals surface area contributed by atoms with E-state index in [1.807, 2.05) is 6.07 Å². The fourth-order valence-corrected chi connectivity index (χ4v) is 5.18. The van der Waals surface area contributed by atoms with Gasteiger partial charge in [-0.2, -0.15) is 0 Å². The minimum atomic E-state index is -3.35. The van der Waals surface area contributed by atoms with Crippen LogP contribution < -0.4 is 10.0 Å². The Morgan fingerprint density at radius 3 is 2.70 bits per heavy atom. The molecule has 0 bridgehead atoms. The molecule has 2 atom stereocenters. The largest absolute Gasteiger partial charge is 0.310 e. The smallest absolute Gasteiger partial charge is 0.250 e. The average molecular weight is 316 g/mol. The number of rotatable bonds is 6. The second-order valence-electron chi connectivity index (χ2n) is 5.89. The summed E-state index contributed by atoms with van der Waals surface area (Å²) in [6.07, 6.45) is 3.18. The highest BCUT2D eigenvalue weighted by atomic mass is 32.2. The summed E-state index contributed by atoms with van der Waals surface area (Å²) >= 11 is 1.35. The first-order valence-electron chi connectivity index (χ1n) is 7.23. The van der Waals surface area contributed by atoms with E-state index in [0.29, 0.717) is 16.2 Å². The fraction of sp³-hybridized carbons (Fsp3) is 0.714. The van der Waals surface area contributed by atoms with E-state index in [9.17, 15) is 8.42 Å². The number of thiophene rings is 1. The molecule has 2 unspecified atom stereocenters. The molecule has 0 radical (unpaired) electrons. The molecule has 1 heterocycles. The fourth-order valence-electron chi connectivity index (χ4n) is 2.48. The van der Waals surface area contributed by atoms with Crippen LogP contribution in [0.3, 0.4) is 0 Å². The van der Waals surface area contributed by atoms with Crippen LogP contribution in [0.15, 0.2) is 16.3 Å². The molecule has 1 aromatic rings. The van der Waals surface area contributed by atoms with Crippen molar-refractivity contribution in [2.24, 2.45) is 5.92 Å². The summed E-state index contributed by atoms with van der Waals surface area (Å²) in [5.41, 5.74) is 0. The van der Waals surface area contributed by atoms with Crippen LogP contribution in [0.5, 0.6) is 0 Å². The van der Waals surface area contributed by atoms with E-state index in [1.54, 1.807) is 6.07 Å². The molecule has 4 nitrogen and oxygen atoms in total. The summed E-state index contributed by atoms with van der Waals surface area (Å²) in [6, 6.07) is 4.10. The van der Waals surface area contributed by atoms with Crippen molar-refractivity contribution in [2.75, 3.05) is 0 Å². The number of nitrogens with one attached hydrogen (secondary N) is 2. The maximum atomic E-state index is 12.4. The van der Waals surface area contributed by atoms with Gasteiger partial charge in [-0.15, -0.1) is 11.3 Å². The third kappa shape index (κ3) is 4.04. The van der Waals surface area contributed by atoms with Gasteiger partial charge in [0, 0.05) is 23.5 Å². The molecule has 114 valence electrons. The van der Waals surface area contributed by atoms with Crippen LogP contribution in [-0.4, -0.2) is 20.5 Å². The van der Waals surface area contributed by atoms with E-state index < -0.39 is 10.0 Å². The standard InChI is InChI=1S/C14H24N2O2S2/c1-10(2)15-9-12-7-8-14(19-12)20(17,18)16-13-6-4-5-11(13)3/h7-8,10-11,13,15-16H,4-6,9H2,1-3H3. The summed E-state index contributed by atoms with van der Waals surface area (Å²) < 4.78 is 28.0. The topological polar surface area (TPSA) is 58.2 Å². The van der Waals surface area contributed by atoms with E-state index >= 15 is 0 Å². The summed E-state index contributed by atoms with van der Waals surface area (Å²) in [5, 5.41) is 3.30. The zero-order valence-electron chi connectivity index (χ0n) is 12.3. The van der Waals surface area contributed by atoms with Gasteiger partial charge in [0.05, 0.1) is 0 Å². The van der Waals surface area contributed by atoms with Crippen molar-refractivity contribution in [3.8, 4) is 0 Å². The second kappa shape index (κ2) is 6.56. The Morgan fingerprint density at radius 2 is 2.10 bits per heavy atom. The van der Waals surface area contributed by atoms with Gasteiger partial charge >= 0.3 is 0 Å². The Morgan fingerprint density at radius 1 is 1.35 bits per heavy atom. The van der Waals surface area contributed by atoms with Gasteiger partial charge in [-0.1, -0.05) is 27.2 Å². The van der Waals surface area contributed by atoms with Crippen molar-refractivity contribution in [3.63, 3.8) is 0 Å². The van der Waals surface area contributed by atoms with Gasteiger partial charge in [-0.25, -0.2) is 13.1 Å². The van der Waals surface area contributed by atoms with Gasteiger partial charge < -0.3 is 5.32 Å². The van der Waals surface area contributed by atoms with E-state index in [2.05, 4.69) is 30.8 Å². The Hall–Kier alpha value is -0.430. The molecule has 0 saturated heterocycles. The maximum absolute atomic E-state index is 12.4. The monoisotopic (exact) mass is 316 g/mol. The van der Waals surface area contributed by atoms with Crippen molar-refractivity contribution in [1.82, 2.24) is 10.0 Å². The highest BCUT2D eigenvalue weighted by molar-refractivity contribution is 7.91. The van der Waals surface area contributed by atoms with Gasteiger partial charge in [0.1, 0.15) is 4.21 Å². The molecule has 1 aliphatic carbocycles. The van der Waals surface area contributed by atoms with Gasteiger partial charge in [-0.05, 0) is 30.9 Å². The molecule has 1 fully saturated rings. The zero-order valence-corrected chi connectivity index (χ0v) is 14.0. The first-order valence-corrected chi connectivity index (χ1v) is 9.53. The Kier molecular flexibility index (Phi) is 5.23. The van der Waals surface area contributed by atoms with Gasteiger partial charge in [-0.3, -0.25) is 0 Å². The molecule has 2 rings (SSSR count). The molecule has 0 aliphatic heterocycles. The minimum Gasteiger partial charge on any atom is -0.310 e. The van der Waals surface area contributed by atoms with Crippen LogP contribution in [0.4, 0.5) is 0 Å². The SMILES string of the molecule is CC(C)NCc1ccc(S(=O)(=O)NC2CCCC2C)s1. The first-order chi connectivity index (χ1) is 9.38. The van der Waals surface area contributed by atoms with Crippen molar-refractivity contribution in [1.29, 1.82) is 0 Å². The lowest BCUT2D eigenvalue weighted by Crippen LogP contribution is -2.35. The average Bonchev–Trinajstić information content (AvgIpc) is 2.97. The molecule has 20 heavy (non-hydrogen) atoms. The molecule has 0 aromatic carbocycles. The molecule has 0 spiro atoms. The van der Waals surface area contributed by atoms with E-state index in [0.717, 1.165) is 30.7 Å². The first kappa shape index (κ1) is 15.9. The lowest BCUT2D eigenvalue weighted by atomic mass is 10.1. The maximum Gasteiger partial charge on any atom is 0.250 e. The lowest BCUT2D eigenvalue weighted by molar-refractivity contribution is 0.477. The van der Waals surface area contributed by atoms with E-state index in [1.165, 1.54) is 11.3 Å². The van der Waals surface area contributed by atoms with Crippen LogP contribution in [0.2, 0.25) is 0 Å². The van der Waals surface area contributed by atoms with E-state index in [-0.39, 0.29) is 6.04 Å². The number of hydrogen-bond donors (Lipinski definition) is 2. The third-order valence-corrected chi connectivity index (χ3v) is 6.82. The predicted octanol–water partition coefficient (Wildman–Crippen LogP) is 2.71. The molecule has 1 saturated carbocycles. The molecule has 2 N–H and O–H groups in total. The summed E-state index contributed by atoms with van der Waals surface area (Å²) in [5.74, 6) is 0.437. The van der Waals surface area contributed by atoms with Crippen molar-refractivity contribution in [2.45, 2.75) is 62.9 Å². The van der Waals surface area contributed by atoms with Crippen LogP contribution in [0, 0.1) is 5.92 Å². The normalized spacial score (nSPS) is 23.6. The molecule has 0 amide bonds. The summed E-state index contributed by atoms with van der Waals surface area (Å²) in [6.45, 7) is 6.99. The van der Waals surface area contributed by atoms with Crippen LogP contribution in [0.1, 0.15) is 44.9 Å². The lowest BCUT2D eigenvalue weighted by Gasteiger charge is -2.16. The molecular weight excluding hydrogens is 292 g/mol. The molecule has 6 heteroatoms. The van der Waals surface area contributed by atoms with Gasteiger partial charge in [0.15, 0.2) is 0 Å². The van der Waals surface area contributed by atoms with E-state index in [4.69, 9.17) is 0 Å². The van der Waals surface area contributed by atoms with Crippen molar-refractivity contribution >= 4 is 21.4 Å². The number of sulfonamides is 1. The van der Waals surface area contributed by atoms with Gasteiger partial charge in [0.25, 0.3) is 0 Å². The molecule has 1 aromatic heterocycles. The minimum absolute atomic E-state index is 0.0966. The Balaban J connectivity index is 2.02. The van der Waals surface area contributed by atoms with Crippen molar-refractivity contribution < 1.29 is 8.42 Å². The quantitative estimate of drug-likeness (QED) is 0.848. The highest BCUT2D eigenvalue weighted by Crippen LogP contribution is 2.28. The van der Waals surface area contributed by atoms with Crippen molar-refractivity contribution in [3.05, 3.63) is 17.0 Å².